The molecule has 4 heteroatoms. The minimum absolute atomic E-state index is 0.250. The molecule has 0 unspecified atom stereocenters. The Balaban J connectivity index is 3.43. The number of amides is 1. The zero-order valence-corrected chi connectivity index (χ0v) is 7.05. The van der Waals surface area contributed by atoms with E-state index < -0.39 is 0 Å². The van der Waals surface area contributed by atoms with Crippen LogP contribution in [0.4, 0.5) is 0 Å². The third-order valence-electron chi connectivity index (χ3n) is 1.57. The van der Waals surface area contributed by atoms with Gasteiger partial charge in [-0.25, -0.2) is 0 Å². The molecule has 0 bridgehead atoms. The van der Waals surface area contributed by atoms with Crippen LogP contribution in [-0.2, 0) is 4.79 Å². The molecule has 0 fully saturated rings. The Bertz CT molecular complexity index is 116. The van der Waals surface area contributed by atoms with Gasteiger partial charge in [-0.1, -0.05) is 6.92 Å². The second kappa shape index (κ2) is 6.12. The number of carbonyl (C=O) groups is 1. The molecule has 0 aliphatic carbocycles. The molecule has 0 aromatic rings. The molecule has 0 saturated heterocycles. The fourth-order valence-corrected chi connectivity index (χ4v) is 0.879. The number of nitrogens with two attached hydrogens (primary N) is 2. The monoisotopic (exact) mass is 159 g/mol. The summed E-state index contributed by atoms with van der Waals surface area (Å²) in [6.45, 7) is 5.15. The number of rotatable bonds is 6. The van der Waals surface area contributed by atoms with E-state index in [1.807, 2.05) is 6.92 Å². The van der Waals surface area contributed by atoms with Gasteiger partial charge in [-0.2, -0.15) is 0 Å². The maximum Gasteiger partial charge on any atom is 0.218 e. The molecule has 0 rings (SSSR count). The minimum atomic E-state index is -0.250. The van der Waals surface area contributed by atoms with E-state index in [1.165, 1.54) is 0 Å². The molecular formula is C7H17N3O. The van der Waals surface area contributed by atoms with Crippen LogP contribution in [0.15, 0.2) is 0 Å². The summed E-state index contributed by atoms with van der Waals surface area (Å²) in [5.41, 5.74) is 10.3. The minimum Gasteiger partial charge on any atom is -0.370 e. The Morgan fingerprint density at radius 3 is 2.45 bits per heavy atom. The Labute approximate surface area is 67.5 Å². The molecule has 0 aliphatic heterocycles. The number of carbonyl (C=O) groups excluding carboxylic acids is 1. The predicted molar refractivity (Wildman–Crippen MR) is 45.0 cm³/mol. The molecule has 0 aromatic carbocycles. The van der Waals surface area contributed by atoms with E-state index in [4.69, 9.17) is 11.5 Å². The normalized spacial score (nSPS) is 10.5. The first kappa shape index (κ1) is 10.4. The smallest absolute Gasteiger partial charge is 0.218 e. The van der Waals surface area contributed by atoms with E-state index in [0.29, 0.717) is 13.0 Å². The highest BCUT2D eigenvalue weighted by Crippen LogP contribution is 1.88. The summed E-state index contributed by atoms with van der Waals surface area (Å²) in [5, 5.41) is 0. The lowest BCUT2D eigenvalue weighted by molar-refractivity contribution is -0.118. The molecule has 11 heavy (non-hydrogen) atoms. The van der Waals surface area contributed by atoms with Crippen LogP contribution in [0.1, 0.15) is 13.3 Å². The van der Waals surface area contributed by atoms with E-state index in [0.717, 1.165) is 19.6 Å². The highest BCUT2D eigenvalue weighted by atomic mass is 16.1. The zero-order valence-electron chi connectivity index (χ0n) is 7.05. The second-order valence-corrected chi connectivity index (χ2v) is 2.44. The molecule has 0 radical (unpaired) electrons. The molecule has 0 saturated carbocycles. The van der Waals surface area contributed by atoms with Crippen molar-refractivity contribution >= 4 is 5.91 Å². The van der Waals surface area contributed by atoms with Crippen LogP contribution in [0.2, 0.25) is 0 Å². The topological polar surface area (TPSA) is 72.3 Å². The lowest BCUT2D eigenvalue weighted by Gasteiger charge is -2.17. The summed E-state index contributed by atoms with van der Waals surface area (Å²) in [6.07, 6.45) is 0.424. The summed E-state index contributed by atoms with van der Waals surface area (Å²) in [7, 11) is 0. The van der Waals surface area contributed by atoms with Crippen molar-refractivity contribution in [3.63, 3.8) is 0 Å². The van der Waals surface area contributed by atoms with Gasteiger partial charge in [-0.15, -0.1) is 0 Å². The third kappa shape index (κ3) is 5.82. The maximum absolute atomic E-state index is 10.4. The number of hydrogen-bond acceptors (Lipinski definition) is 3. The summed E-state index contributed by atoms with van der Waals surface area (Å²) < 4.78 is 0. The van der Waals surface area contributed by atoms with Crippen molar-refractivity contribution < 1.29 is 4.79 Å². The predicted octanol–water partition coefficient (Wildman–Crippen LogP) is -0.858. The third-order valence-corrected chi connectivity index (χ3v) is 1.57. The molecule has 66 valence electrons. The lowest BCUT2D eigenvalue weighted by atomic mass is 10.3. The zero-order chi connectivity index (χ0) is 8.69. The highest BCUT2D eigenvalue weighted by molar-refractivity contribution is 5.73. The van der Waals surface area contributed by atoms with Crippen molar-refractivity contribution in [2.24, 2.45) is 11.5 Å². The van der Waals surface area contributed by atoms with Gasteiger partial charge in [0.05, 0.1) is 0 Å². The highest BCUT2D eigenvalue weighted by Gasteiger charge is 2.01. The molecule has 4 N–H and O–H groups in total. The Morgan fingerprint density at radius 1 is 1.45 bits per heavy atom. The number of primary amides is 1. The van der Waals surface area contributed by atoms with E-state index in [9.17, 15) is 4.79 Å². The summed E-state index contributed by atoms with van der Waals surface area (Å²) in [6, 6.07) is 0. The van der Waals surface area contributed by atoms with Crippen molar-refractivity contribution in [3.05, 3.63) is 0 Å². The standard InChI is InChI=1S/C7H17N3O/c1-2-10(6-4-8)5-3-7(9)11/h2-6,8H2,1H3,(H2,9,11). The quantitative estimate of drug-likeness (QED) is 0.530. The van der Waals surface area contributed by atoms with E-state index in [-0.39, 0.29) is 5.91 Å². The second-order valence-electron chi connectivity index (χ2n) is 2.44. The van der Waals surface area contributed by atoms with Gasteiger partial charge in [-0.3, -0.25) is 4.79 Å². The van der Waals surface area contributed by atoms with Gasteiger partial charge >= 0.3 is 0 Å². The first-order valence-corrected chi connectivity index (χ1v) is 3.91. The largest absolute Gasteiger partial charge is 0.370 e. The SMILES string of the molecule is CCN(CCN)CCC(N)=O. The first-order valence-electron chi connectivity index (χ1n) is 3.91. The average Bonchev–Trinajstić information content (AvgIpc) is 1.97. The van der Waals surface area contributed by atoms with E-state index in [2.05, 4.69) is 4.90 Å². The van der Waals surface area contributed by atoms with Crippen LogP contribution in [0.25, 0.3) is 0 Å². The van der Waals surface area contributed by atoms with Gasteiger partial charge in [0.15, 0.2) is 0 Å². The van der Waals surface area contributed by atoms with Crippen LogP contribution < -0.4 is 11.5 Å². The molecule has 1 amide bonds. The Kier molecular flexibility index (Phi) is 5.78. The maximum atomic E-state index is 10.4. The van der Waals surface area contributed by atoms with Crippen LogP contribution in [0.3, 0.4) is 0 Å². The van der Waals surface area contributed by atoms with Crippen molar-refractivity contribution in [2.45, 2.75) is 13.3 Å². The van der Waals surface area contributed by atoms with Crippen molar-refractivity contribution in [1.82, 2.24) is 4.90 Å². The number of hydrogen-bond donors (Lipinski definition) is 2. The van der Waals surface area contributed by atoms with Crippen LogP contribution >= 0.6 is 0 Å². The Hall–Kier alpha value is -0.610. The van der Waals surface area contributed by atoms with Gasteiger partial charge in [0, 0.05) is 26.1 Å². The van der Waals surface area contributed by atoms with Gasteiger partial charge in [0.1, 0.15) is 0 Å². The summed E-state index contributed by atoms with van der Waals surface area (Å²) in [5.74, 6) is -0.250. The van der Waals surface area contributed by atoms with Gasteiger partial charge < -0.3 is 16.4 Å². The summed E-state index contributed by atoms with van der Waals surface area (Å²) in [4.78, 5) is 12.5. The molecule has 0 spiro atoms. The molecule has 0 aliphatic rings. The lowest BCUT2D eigenvalue weighted by Crippen LogP contribution is -2.32. The molecule has 0 heterocycles. The van der Waals surface area contributed by atoms with E-state index in [1.54, 1.807) is 0 Å². The van der Waals surface area contributed by atoms with Crippen LogP contribution in [-0.4, -0.2) is 37.0 Å². The van der Waals surface area contributed by atoms with Gasteiger partial charge in [-0.05, 0) is 6.54 Å². The Morgan fingerprint density at radius 2 is 2.09 bits per heavy atom. The van der Waals surface area contributed by atoms with Crippen LogP contribution in [0.5, 0.6) is 0 Å². The summed E-state index contributed by atoms with van der Waals surface area (Å²) >= 11 is 0. The average molecular weight is 159 g/mol. The van der Waals surface area contributed by atoms with Crippen LogP contribution in [0, 0.1) is 0 Å². The molecule has 0 atom stereocenters. The molecule has 0 aromatic heterocycles. The molecular weight excluding hydrogens is 142 g/mol. The van der Waals surface area contributed by atoms with Crippen molar-refractivity contribution in [2.75, 3.05) is 26.2 Å². The van der Waals surface area contributed by atoms with E-state index >= 15 is 0 Å². The number of likely N-dealkylation sites (N-methyl/N-ethyl adjacent to an activating group) is 1. The fourth-order valence-electron chi connectivity index (χ4n) is 0.879. The first-order chi connectivity index (χ1) is 5.20. The number of nitrogens with zero attached hydrogens (tertiary/aromatic N) is 1. The van der Waals surface area contributed by atoms with Crippen molar-refractivity contribution in [1.29, 1.82) is 0 Å². The van der Waals surface area contributed by atoms with Gasteiger partial charge in [0.2, 0.25) is 5.91 Å². The van der Waals surface area contributed by atoms with Crippen molar-refractivity contribution in [3.8, 4) is 0 Å². The molecule has 4 nitrogen and oxygen atoms in total. The fraction of sp³-hybridized carbons (Fsp3) is 0.857. The van der Waals surface area contributed by atoms with Gasteiger partial charge in [0.25, 0.3) is 0 Å².